The van der Waals surface area contributed by atoms with Crippen molar-refractivity contribution in [2.24, 2.45) is 0 Å². The molecule has 4 rings (SSSR count). The molecule has 8 heteroatoms. The van der Waals surface area contributed by atoms with Crippen molar-refractivity contribution >= 4 is 44.0 Å². The molecular weight excluding hydrogens is 380 g/mol. The van der Waals surface area contributed by atoms with Crippen LogP contribution in [0.25, 0.3) is 20.8 Å². The lowest BCUT2D eigenvalue weighted by Gasteiger charge is -2.35. The summed E-state index contributed by atoms with van der Waals surface area (Å²) in [6, 6.07) is 1.90. The maximum Gasteiger partial charge on any atom is 0.410 e. The first kappa shape index (κ1) is 18.2. The lowest BCUT2D eigenvalue weighted by atomic mass is 9.99. The maximum absolute atomic E-state index is 12.6. The predicted octanol–water partition coefficient (Wildman–Crippen LogP) is 4.86. The molecule has 6 nitrogen and oxygen atoms in total. The van der Waals surface area contributed by atoms with Gasteiger partial charge in [-0.25, -0.2) is 9.78 Å². The summed E-state index contributed by atoms with van der Waals surface area (Å²) in [6.07, 6.45) is 4.02. The van der Waals surface area contributed by atoms with E-state index in [4.69, 9.17) is 15.5 Å². The largest absolute Gasteiger partial charge is 0.444 e. The third-order valence-electron chi connectivity index (χ3n) is 4.55. The molecule has 0 fully saturated rings. The summed E-state index contributed by atoms with van der Waals surface area (Å²) in [5.41, 5.74) is 9.00. The van der Waals surface area contributed by atoms with E-state index in [9.17, 15) is 4.79 Å². The number of thiophene rings is 1. The number of nitrogen functional groups attached to an aromatic ring is 1. The molecule has 0 bridgehead atoms. The van der Waals surface area contributed by atoms with E-state index in [-0.39, 0.29) is 12.1 Å². The highest BCUT2D eigenvalue weighted by molar-refractivity contribution is 7.22. The molecule has 0 saturated heterocycles. The average Bonchev–Trinajstić information content (AvgIpc) is 3.13. The number of ether oxygens (including phenoxy) is 1. The molecule has 1 aliphatic heterocycles. The number of carbonyl (C=O) groups is 1. The molecule has 2 N–H and O–H groups in total. The number of carbonyl (C=O) groups excluding carboxylic acids is 1. The highest BCUT2D eigenvalue weighted by atomic mass is 32.1. The van der Waals surface area contributed by atoms with Gasteiger partial charge in [0.1, 0.15) is 16.1 Å². The van der Waals surface area contributed by atoms with Crippen molar-refractivity contribution < 1.29 is 9.53 Å². The molecule has 1 amide bonds. The van der Waals surface area contributed by atoms with Crippen LogP contribution in [0.4, 0.5) is 9.80 Å². The maximum atomic E-state index is 12.6. The van der Waals surface area contributed by atoms with Gasteiger partial charge in [0.15, 0.2) is 0 Å². The molecule has 0 aromatic carbocycles. The van der Waals surface area contributed by atoms with Gasteiger partial charge in [0.2, 0.25) is 0 Å². The Hall–Kier alpha value is -2.19. The first-order chi connectivity index (χ1) is 12.7. The SMILES string of the molecule is CC1c2sc(N)c(-c3nc4cnccc4s3)c2CCN1C(=O)OC(C)(C)C. The van der Waals surface area contributed by atoms with E-state index in [1.165, 1.54) is 5.56 Å². The molecule has 0 saturated carbocycles. The topological polar surface area (TPSA) is 81.3 Å². The fourth-order valence-electron chi connectivity index (χ4n) is 3.35. The summed E-state index contributed by atoms with van der Waals surface area (Å²) in [7, 11) is 0. The fourth-order valence-corrected chi connectivity index (χ4v) is 5.62. The molecule has 1 unspecified atom stereocenters. The Bertz CT molecular complexity index is 986. The summed E-state index contributed by atoms with van der Waals surface area (Å²) in [4.78, 5) is 24.4. The van der Waals surface area contributed by atoms with Crippen molar-refractivity contribution in [3.05, 3.63) is 28.9 Å². The standard InChI is InChI=1S/C19H22N4O2S2/c1-10-15-11(6-8-23(10)18(24)25-19(2,3)4)14(16(20)27-15)17-22-12-9-21-7-5-13(12)26-17/h5,7,9-10H,6,8,20H2,1-4H3. The third-order valence-corrected chi connectivity index (χ3v) is 6.83. The zero-order valence-electron chi connectivity index (χ0n) is 15.8. The Morgan fingerprint density at radius 3 is 2.85 bits per heavy atom. The van der Waals surface area contributed by atoms with E-state index >= 15 is 0 Å². The minimum absolute atomic E-state index is 0.0688. The van der Waals surface area contributed by atoms with Gasteiger partial charge in [-0.1, -0.05) is 0 Å². The van der Waals surface area contributed by atoms with E-state index < -0.39 is 5.60 Å². The molecule has 1 aliphatic rings. The number of nitrogens with two attached hydrogens (primary N) is 1. The van der Waals surface area contributed by atoms with Crippen molar-refractivity contribution in [3.63, 3.8) is 0 Å². The second-order valence-electron chi connectivity index (χ2n) is 7.65. The molecule has 142 valence electrons. The number of anilines is 1. The number of fused-ring (bicyclic) bond motifs is 2. The number of amides is 1. The van der Waals surface area contributed by atoms with E-state index in [2.05, 4.69) is 4.98 Å². The monoisotopic (exact) mass is 402 g/mol. The van der Waals surface area contributed by atoms with Gasteiger partial charge in [0, 0.05) is 23.2 Å². The van der Waals surface area contributed by atoms with Crippen LogP contribution in [0.1, 0.15) is 44.2 Å². The van der Waals surface area contributed by atoms with Gasteiger partial charge in [-0.3, -0.25) is 4.98 Å². The van der Waals surface area contributed by atoms with Crippen LogP contribution in [0.5, 0.6) is 0 Å². The molecule has 0 radical (unpaired) electrons. The van der Waals surface area contributed by atoms with Crippen LogP contribution in [-0.2, 0) is 11.2 Å². The number of pyridine rings is 1. The van der Waals surface area contributed by atoms with E-state index in [0.29, 0.717) is 6.54 Å². The van der Waals surface area contributed by atoms with Crippen LogP contribution in [0.3, 0.4) is 0 Å². The quantitative estimate of drug-likeness (QED) is 0.629. The number of nitrogens with zero attached hydrogens (tertiary/aromatic N) is 3. The van der Waals surface area contributed by atoms with Gasteiger partial charge in [-0.05, 0) is 45.7 Å². The smallest absolute Gasteiger partial charge is 0.410 e. The van der Waals surface area contributed by atoms with E-state index in [0.717, 1.165) is 37.1 Å². The summed E-state index contributed by atoms with van der Waals surface area (Å²) in [5.74, 6) is 0. The summed E-state index contributed by atoms with van der Waals surface area (Å²) < 4.78 is 6.66. The second kappa shape index (κ2) is 6.45. The van der Waals surface area contributed by atoms with Gasteiger partial charge in [-0.15, -0.1) is 22.7 Å². The zero-order chi connectivity index (χ0) is 19.3. The van der Waals surface area contributed by atoms with Crippen LogP contribution in [0.2, 0.25) is 0 Å². The van der Waals surface area contributed by atoms with Gasteiger partial charge in [0.05, 0.1) is 21.9 Å². The molecular formula is C19H22N4O2S2. The molecule has 1 atom stereocenters. The molecule has 4 heterocycles. The Labute approximate surface area is 166 Å². The highest BCUT2D eigenvalue weighted by Crippen LogP contribution is 2.47. The Balaban J connectivity index is 1.70. The predicted molar refractivity (Wildman–Crippen MR) is 110 cm³/mol. The molecule has 0 aliphatic carbocycles. The average molecular weight is 403 g/mol. The van der Waals surface area contributed by atoms with Crippen LogP contribution in [-0.4, -0.2) is 33.1 Å². The first-order valence-corrected chi connectivity index (χ1v) is 10.5. The Morgan fingerprint density at radius 1 is 1.37 bits per heavy atom. The normalized spacial score (nSPS) is 17.2. The van der Waals surface area contributed by atoms with Crippen molar-refractivity contribution in [2.45, 2.75) is 45.8 Å². The van der Waals surface area contributed by atoms with Crippen molar-refractivity contribution in [1.29, 1.82) is 0 Å². The van der Waals surface area contributed by atoms with E-state index in [1.54, 1.807) is 40.0 Å². The molecule has 3 aromatic rings. The Kier molecular flexibility index (Phi) is 4.35. The Morgan fingerprint density at radius 2 is 2.15 bits per heavy atom. The molecule has 3 aromatic heterocycles. The summed E-state index contributed by atoms with van der Waals surface area (Å²) in [6.45, 7) is 8.29. The van der Waals surface area contributed by atoms with Crippen LogP contribution >= 0.6 is 22.7 Å². The lowest BCUT2D eigenvalue weighted by molar-refractivity contribution is 0.0164. The lowest BCUT2D eigenvalue weighted by Crippen LogP contribution is -2.41. The van der Waals surface area contributed by atoms with Crippen LogP contribution < -0.4 is 5.73 Å². The number of aromatic nitrogens is 2. The second-order valence-corrected chi connectivity index (χ2v) is 9.76. The molecule has 27 heavy (non-hydrogen) atoms. The van der Waals surface area contributed by atoms with Crippen LogP contribution in [0, 0.1) is 0 Å². The number of hydrogen-bond acceptors (Lipinski definition) is 7. The van der Waals surface area contributed by atoms with E-state index in [1.807, 2.05) is 33.8 Å². The van der Waals surface area contributed by atoms with Gasteiger partial charge in [0.25, 0.3) is 0 Å². The highest BCUT2D eigenvalue weighted by Gasteiger charge is 2.35. The molecule has 0 spiro atoms. The summed E-state index contributed by atoms with van der Waals surface area (Å²) in [5, 5.41) is 1.68. The third kappa shape index (κ3) is 3.27. The van der Waals surface area contributed by atoms with Crippen molar-refractivity contribution in [2.75, 3.05) is 12.3 Å². The first-order valence-electron chi connectivity index (χ1n) is 8.86. The van der Waals surface area contributed by atoms with Gasteiger partial charge in [-0.2, -0.15) is 0 Å². The minimum Gasteiger partial charge on any atom is -0.444 e. The fraction of sp³-hybridized carbons (Fsp3) is 0.421. The number of hydrogen-bond donors (Lipinski definition) is 1. The number of thiazole rings is 1. The summed E-state index contributed by atoms with van der Waals surface area (Å²) >= 11 is 3.18. The van der Waals surface area contributed by atoms with Crippen molar-refractivity contribution in [1.82, 2.24) is 14.9 Å². The van der Waals surface area contributed by atoms with Crippen molar-refractivity contribution in [3.8, 4) is 10.6 Å². The number of rotatable bonds is 1. The van der Waals surface area contributed by atoms with Gasteiger partial charge < -0.3 is 15.4 Å². The van der Waals surface area contributed by atoms with Crippen LogP contribution in [0.15, 0.2) is 18.5 Å². The van der Waals surface area contributed by atoms with Gasteiger partial charge >= 0.3 is 6.09 Å². The minimum atomic E-state index is -0.508. The zero-order valence-corrected chi connectivity index (χ0v) is 17.4.